The molecule has 0 aromatic heterocycles. The topological polar surface area (TPSA) is 78.8 Å². The lowest BCUT2D eigenvalue weighted by Crippen LogP contribution is -2.18. The van der Waals surface area contributed by atoms with Gasteiger partial charge in [-0.2, -0.15) is 13.5 Å². The van der Waals surface area contributed by atoms with Gasteiger partial charge in [0.15, 0.2) is 0 Å². The molecule has 0 aliphatic heterocycles. The van der Waals surface area contributed by atoms with E-state index in [0.29, 0.717) is 10.0 Å². The number of hydrazone groups is 1. The van der Waals surface area contributed by atoms with Crippen LogP contribution in [-0.4, -0.2) is 19.7 Å². The first-order valence-corrected chi connectivity index (χ1v) is 9.29. The van der Waals surface area contributed by atoms with Gasteiger partial charge in [0.05, 0.1) is 21.3 Å². The maximum absolute atomic E-state index is 12.2. The van der Waals surface area contributed by atoms with Crippen LogP contribution in [0.5, 0.6) is 5.75 Å². The molecular weight excluding hydrogens is 450 g/mol. The van der Waals surface area contributed by atoms with Gasteiger partial charge in [-0.25, -0.2) is 4.83 Å². The monoisotopic (exact) mass is 456 g/mol. The highest BCUT2D eigenvalue weighted by atomic mass is 79.9. The summed E-state index contributed by atoms with van der Waals surface area (Å²) in [5.41, 5.74) is 0.322. The predicted molar refractivity (Wildman–Crippen MR) is 95.2 cm³/mol. The quantitative estimate of drug-likeness (QED) is 0.404. The van der Waals surface area contributed by atoms with Crippen molar-refractivity contribution in [2.45, 2.75) is 4.90 Å². The molecule has 0 bridgehead atoms. The molecule has 2 rings (SSSR count). The molecule has 2 aromatic carbocycles. The minimum absolute atomic E-state index is 0.0463. The number of nitrogens with one attached hydrogen (secondary N) is 1. The van der Waals surface area contributed by atoms with Crippen molar-refractivity contribution in [3.05, 3.63) is 55.4 Å². The number of sulfonamides is 1. The molecule has 23 heavy (non-hydrogen) atoms. The van der Waals surface area contributed by atoms with Crippen LogP contribution >= 0.6 is 50.7 Å². The van der Waals surface area contributed by atoms with Crippen LogP contribution in [0, 0.1) is 0 Å². The van der Waals surface area contributed by atoms with E-state index < -0.39 is 10.0 Å². The molecule has 2 aromatic rings. The Bertz CT molecular complexity index is 888. The fourth-order valence-electron chi connectivity index (χ4n) is 1.55. The summed E-state index contributed by atoms with van der Waals surface area (Å²) < 4.78 is 25.1. The molecular formula is C13H8BrCl3N2O3S. The lowest BCUT2D eigenvalue weighted by molar-refractivity contribution is 0.474. The van der Waals surface area contributed by atoms with Gasteiger partial charge in [0.25, 0.3) is 10.0 Å². The third kappa shape index (κ3) is 4.51. The van der Waals surface area contributed by atoms with Crippen molar-refractivity contribution in [1.82, 2.24) is 4.83 Å². The summed E-state index contributed by atoms with van der Waals surface area (Å²) in [6.07, 6.45) is 1.16. The Morgan fingerprint density at radius 3 is 2.43 bits per heavy atom. The number of phenolic OH excluding ortho intramolecular Hbond substituents is 1. The standard InChI is InChI=1S/C13H8BrCl3N2O3S/c14-8-1-2-12(20)7(3-8)6-18-19-23(21,22)13-5-10(16)9(15)4-11(13)17/h1-6,19-20H/b18-6+. The first-order valence-electron chi connectivity index (χ1n) is 5.88. The van der Waals surface area contributed by atoms with Gasteiger partial charge >= 0.3 is 0 Å². The van der Waals surface area contributed by atoms with E-state index in [4.69, 9.17) is 34.8 Å². The summed E-state index contributed by atoms with van der Waals surface area (Å²) in [4.78, 5) is 1.73. The molecule has 0 amide bonds. The molecule has 2 N–H and O–H groups in total. The second kappa shape index (κ2) is 7.27. The highest BCUT2D eigenvalue weighted by molar-refractivity contribution is 9.10. The molecule has 0 saturated carbocycles. The normalized spacial score (nSPS) is 11.8. The van der Waals surface area contributed by atoms with E-state index in [1.165, 1.54) is 12.1 Å². The van der Waals surface area contributed by atoms with Gasteiger partial charge in [-0.15, -0.1) is 0 Å². The maximum atomic E-state index is 12.2. The van der Waals surface area contributed by atoms with Crippen LogP contribution in [0.15, 0.2) is 44.8 Å². The number of nitrogens with zero attached hydrogens (tertiary/aromatic N) is 1. The van der Waals surface area contributed by atoms with Gasteiger partial charge in [-0.3, -0.25) is 0 Å². The summed E-state index contributed by atoms with van der Waals surface area (Å²) in [5, 5.41) is 13.3. The van der Waals surface area contributed by atoms with Gasteiger partial charge in [-0.05, 0) is 30.3 Å². The summed E-state index contributed by atoms with van der Waals surface area (Å²) in [6, 6.07) is 6.99. The van der Waals surface area contributed by atoms with Crippen LogP contribution in [0.2, 0.25) is 15.1 Å². The molecule has 0 atom stereocenters. The van der Waals surface area contributed by atoms with E-state index in [0.717, 1.165) is 12.3 Å². The summed E-state index contributed by atoms with van der Waals surface area (Å²) in [6.45, 7) is 0. The fraction of sp³-hybridized carbons (Fsp3) is 0. The van der Waals surface area contributed by atoms with Gasteiger partial charge < -0.3 is 5.11 Å². The number of halogens is 4. The second-order valence-corrected chi connectivity index (χ2v) is 8.02. The molecule has 0 saturated heterocycles. The van der Waals surface area contributed by atoms with E-state index >= 15 is 0 Å². The molecule has 0 aliphatic rings. The zero-order valence-corrected chi connectivity index (χ0v) is 15.8. The van der Waals surface area contributed by atoms with E-state index in [1.807, 2.05) is 4.83 Å². The summed E-state index contributed by atoms with van der Waals surface area (Å²) in [5.74, 6) is -0.0521. The van der Waals surface area contributed by atoms with Crippen molar-refractivity contribution in [2.75, 3.05) is 0 Å². The van der Waals surface area contributed by atoms with Crippen molar-refractivity contribution in [3.63, 3.8) is 0 Å². The number of rotatable bonds is 4. The zero-order valence-electron chi connectivity index (χ0n) is 11.1. The molecule has 0 heterocycles. The molecule has 0 spiro atoms. The molecule has 0 fully saturated rings. The Morgan fingerprint density at radius 2 is 1.74 bits per heavy atom. The van der Waals surface area contributed by atoms with Crippen molar-refractivity contribution in [3.8, 4) is 5.75 Å². The van der Waals surface area contributed by atoms with E-state index in [2.05, 4.69) is 21.0 Å². The number of phenols is 1. The van der Waals surface area contributed by atoms with Crippen LogP contribution in [0.1, 0.15) is 5.56 Å². The molecule has 10 heteroatoms. The van der Waals surface area contributed by atoms with Gasteiger partial charge in [0, 0.05) is 10.0 Å². The minimum atomic E-state index is -4.04. The zero-order chi connectivity index (χ0) is 17.2. The van der Waals surface area contributed by atoms with Crippen LogP contribution in [0.3, 0.4) is 0 Å². The third-order valence-electron chi connectivity index (χ3n) is 2.63. The summed E-state index contributed by atoms with van der Waals surface area (Å²) in [7, 11) is -4.04. The van der Waals surface area contributed by atoms with E-state index in [-0.39, 0.29) is 25.7 Å². The smallest absolute Gasteiger partial charge is 0.278 e. The lowest BCUT2D eigenvalue weighted by atomic mass is 10.2. The fourth-order valence-corrected chi connectivity index (χ4v) is 3.73. The highest BCUT2D eigenvalue weighted by Crippen LogP contribution is 2.31. The Hall–Kier alpha value is -0.990. The largest absolute Gasteiger partial charge is 0.507 e. The Labute approximate surface area is 156 Å². The van der Waals surface area contributed by atoms with Crippen molar-refractivity contribution >= 4 is 67.0 Å². The average Bonchev–Trinajstić information content (AvgIpc) is 2.46. The number of benzene rings is 2. The second-order valence-electron chi connectivity index (χ2n) is 4.25. The predicted octanol–water partition coefficient (Wildman–Crippen LogP) is 4.43. The number of hydrogen-bond donors (Lipinski definition) is 2. The molecule has 5 nitrogen and oxygen atoms in total. The third-order valence-corrected chi connectivity index (χ3v) is 5.53. The maximum Gasteiger partial charge on any atom is 0.278 e. The minimum Gasteiger partial charge on any atom is -0.507 e. The Morgan fingerprint density at radius 1 is 1.09 bits per heavy atom. The van der Waals surface area contributed by atoms with Crippen molar-refractivity contribution in [2.24, 2.45) is 5.10 Å². The van der Waals surface area contributed by atoms with Gasteiger partial charge in [0.1, 0.15) is 10.6 Å². The molecule has 0 unspecified atom stereocenters. The van der Waals surface area contributed by atoms with Crippen molar-refractivity contribution in [1.29, 1.82) is 0 Å². The average molecular weight is 459 g/mol. The van der Waals surface area contributed by atoms with Crippen LogP contribution in [0.25, 0.3) is 0 Å². The molecule has 0 aliphatic carbocycles. The lowest BCUT2D eigenvalue weighted by Gasteiger charge is -2.07. The van der Waals surface area contributed by atoms with Gasteiger partial charge in [0.2, 0.25) is 0 Å². The molecule has 122 valence electrons. The van der Waals surface area contributed by atoms with E-state index in [9.17, 15) is 13.5 Å². The highest BCUT2D eigenvalue weighted by Gasteiger charge is 2.19. The van der Waals surface area contributed by atoms with E-state index in [1.54, 1.807) is 12.1 Å². The Kier molecular flexibility index (Phi) is 5.80. The van der Waals surface area contributed by atoms with Crippen LogP contribution in [0.4, 0.5) is 0 Å². The molecule has 0 radical (unpaired) electrons. The summed E-state index contributed by atoms with van der Waals surface area (Å²) >= 11 is 20.7. The number of hydrogen-bond acceptors (Lipinski definition) is 4. The van der Waals surface area contributed by atoms with Crippen LogP contribution < -0.4 is 4.83 Å². The van der Waals surface area contributed by atoms with Crippen LogP contribution in [-0.2, 0) is 10.0 Å². The van der Waals surface area contributed by atoms with Crippen molar-refractivity contribution < 1.29 is 13.5 Å². The SMILES string of the molecule is O=S(=O)(N/N=C/c1cc(Br)ccc1O)c1cc(Cl)c(Cl)cc1Cl. The van der Waals surface area contributed by atoms with Gasteiger partial charge in [-0.1, -0.05) is 50.7 Å². The first-order chi connectivity index (χ1) is 10.7. The Balaban J connectivity index is 2.27. The number of aromatic hydroxyl groups is 1. The first kappa shape index (κ1) is 18.4.